The molecule has 1 aliphatic rings. The third-order valence-electron chi connectivity index (χ3n) is 3.96. The third kappa shape index (κ3) is 3.40. The SMILES string of the molecule is CC1CCCCCC1NC(=O)c1cc(O)ccc1N. The summed E-state index contributed by atoms with van der Waals surface area (Å²) in [5.74, 6) is 0.366. The predicted molar refractivity (Wildman–Crippen MR) is 76.0 cm³/mol. The van der Waals surface area contributed by atoms with Crippen molar-refractivity contribution in [3.05, 3.63) is 23.8 Å². The highest BCUT2D eigenvalue weighted by molar-refractivity contribution is 5.99. The summed E-state index contributed by atoms with van der Waals surface area (Å²) in [4.78, 5) is 12.2. The molecule has 1 saturated carbocycles. The first-order valence-electron chi connectivity index (χ1n) is 6.97. The highest BCUT2D eigenvalue weighted by atomic mass is 16.3. The van der Waals surface area contributed by atoms with Crippen LogP contribution in [0.5, 0.6) is 5.75 Å². The van der Waals surface area contributed by atoms with Crippen molar-refractivity contribution in [1.29, 1.82) is 0 Å². The number of hydrogen-bond acceptors (Lipinski definition) is 3. The Hall–Kier alpha value is -1.71. The van der Waals surface area contributed by atoms with Crippen LogP contribution in [0, 0.1) is 5.92 Å². The molecule has 0 bridgehead atoms. The molecule has 0 heterocycles. The highest BCUT2D eigenvalue weighted by Crippen LogP contribution is 2.24. The first-order chi connectivity index (χ1) is 9.08. The Morgan fingerprint density at radius 3 is 2.84 bits per heavy atom. The number of rotatable bonds is 2. The smallest absolute Gasteiger partial charge is 0.253 e. The minimum atomic E-state index is -0.188. The topological polar surface area (TPSA) is 75.3 Å². The number of carbonyl (C=O) groups is 1. The lowest BCUT2D eigenvalue weighted by atomic mass is 9.96. The number of nitrogen functional groups attached to an aromatic ring is 1. The number of phenolic OH excluding ortho intramolecular Hbond substituents is 1. The molecule has 2 atom stereocenters. The van der Waals surface area contributed by atoms with Crippen LogP contribution in [0.3, 0.4) is 0 Å². The second-order valence-electron chi connectivity index (χ2n) is 5.47. The molecule has 0 radical (unpaired) electrons. The van der Waals surface area contributed by atoms with Crippen LogP contribution in [0.4, 0.5) is 5.69 Å². The van der Waals surface area contributed by atoms with Gasteiger partial charge in [-0.15, -0.1) is 0 Å². The van der Waals surface area contributed by atoms with Gasteiger partial charge >= 0.3 is 0 Å². The van der Waals surface area contributed by atoms with Crippen LogP contribution < -0.4 is 11.1 Å². The molecule has 1 aliphatic carbocycles. The monoisotopic (exact) mass is 262 g/mol. The molecule has 1 fully saturated rings. The predicted octanol–water partition coefficient (Wildman–Crippen LogP) is 2.67. The maximum atomic E-state index is 12.2. The second kappa shape index (κ2) is 5.95. The van der Waals surface area contributed by atoms with E-state index >= 15 is 0 Å². The molecule has 0 aliphatic heterocycles. The van der Waals surface area contributed by atoms with Gasteiger partial charge in [0.05, 0.1) is 5.56 Å². The lowest BCUT2D eigenvalue weighted by Gasteiger charge is -2.23. The van der Waals surface area contributed by atoms with Crippen molar-refractivity contribution in [2.45, 2.75) is 45.1 Å². The average molecular weight is 262 g/mol. The van der Waals surface area contributed by atoms with Crippen molar-refractivity contribution in [2.24, 2.45) is 5.92 Å². The molecule has 1 aromatic carbocycles. The minimum Gasteiger partial charge on any atom is -0.508 e. The van der Waals surface area contributed by atoms with Gasteiger partial charge in [-0.3, -0.25) is 4.79 Å². The quantitative estimate of drug-likeness (QED) is 0.436. The van der Waals surface area contributed by atoms with Crippen LogP contribution in [0.15, 0.2) is 18.2 Å². The standard InChI is InChI=1S/C15H22N2O2/c1-10-5-3-2-4-6-14(10)17-15(19)12-9-11(18)7-8-13(12)16/h7-10,14,18H,2-6,16H2,1H3,(H,17,19). The Bertz CT molecular complexity index is 459. The van der Waals surface area contributed by atoms with E-state index in [2.05, 4.69) is 12.2 Å². The van der Waals surface area contributed by atoms with Gasteiger partial charge in [0.25, 0.3) is 5.91 Å². The number of nitrogens with two attached hydrogens (primary N) is 1. The van der Waals surface area contributed by atoms with Crippen LogP contribution in [0.1, 0.15) is 49.4 Å². The van der Waals surface area contributed by atoms with Crippen LogP contribution in [-0.2, 0) is 0 Å². The first-order valence-corrected chi connectivity index (χ1v) is 6.97. The van der Waals surface area contributed by atoms with Crippen molar-refractivity contribution in [3.63, 3.8) is 0 Å². The summed E-state index contributed by atoms with van der Waals surface area (Å²) in [6, 6.07) is 4.67. The van der Waals surface area contributed by atoms with Crippen LogP contribution in [-0.4, -0.2) is 17.1 Å². The Kier molecular flexibility index (Phi) is 4.30. The number of phenols is 1. The van der Waals surface area contributed by atoms with Crippen LogP contribution in [0.2, 0.25) is 0 Å². The Morgan fingerprint density at radius 1 is 1.32 bits per heavy atom. The average Bonchev–Trinajstić information content (AvgIpc) is 2.58. The van der Waals surface area contributed by atoms with Gasteiger partial charge in [-0.1, -0.05) is 26.2 Å². The van der Waals surface area contributed by atoms with Crippen LogP contribution >= 0.6 is 0 Å². The summed E-state index contributed by atoms with van der Waals surface area (Å²) < 4.78 is 0. The van der Waals surface area contributed by atoms with E-state index < -0.39 is 0 Å². The molecule has 0 saturated heterocycles. The zero-order chi connectivity index (χ0) is 13.8. The summed E-state index contributed by atoms with van der Waals surface area (Å²) in [6.45, 7) is 2.18. The second-order valence-corrected chi connectivity index (χ2v) is 5.47. The molecule has 104 valence electrons. The van der Waals surface area contributed by atoms with E-state index in [1.165, 1.54) is 25.0 Å². The zero-order valence-electron chi connectivity index (χ0n) is 11.4. The van der Waals surface area contributed by atoms with Gasteiger partial charge in [-0.05, 0) is 37.0 Å². The van der Waals surface area contributed by atoms with E-state index in [-0.39, 0.29) is 17.7 Å². The van der Waals surface area contributed by atoms with Crippen molar-refractivity contribution in [3.8, 4) is 5.75 Å². The van der Waals surface area contributed by atoms with Gasteiger partial charge in [-0.25, -0.2) is 0 Å². The number of hydrogen-bond donors (Lipinski definition) is 3. The normalized spacial score (nSPS) is 23.6. The van der Waals surface area contributed by atoms with Gasteiger partial charge in [0.15, 0.2) is 0 Å². The molecular formula is C15H22N2O2. The maximum Gasteiger partial charge on any atom is 0.253 e. The molecule has 0 aromatic heterocycles. The summed E-state index contributed by atoms with van der Waals surface area (Å²) in [6.07, 6.45) is 5.81. The van der Waals surface area contributed by atoms with Crippen molar-refractivity contribution < 1.29 is 9.90 Å². The number of amides is 1. The lowest BCUT2D eigenvalue weighted by molar-refractivity contribution is 0.0922. The third-order valence-corrected chi connectivity index (χ3v) is 3.96. The molecule has 2 rings (SSSR count). The molecule has 0 spiro atoms. The van der Waals surface area contributed by atoms with Gasteiger partial charge in [0, 0.05) is 11.7 Å². The van der Waals surface area contributed by atoms with Crippen molar-refractivity contribution in [2.75, 3.05) is 5.73 Å². The zero-order valence-corrected chi connectivity index (χ0v) is 11.4. The van der Waals surface area contributed by atoms with Gasteiger partial charge < -0.3 is 16.2 Å². The number of benzene rings is 1. The summed E-state index contributed by atoms with van der Waals surface area (Å²) >= 11 is 0. The van der Waals surface area contributed by atoms with E-state index in [1.54, 1.807) is 6.07 Å². The Morgan fingerprint density at radius 2 is 2.05 bits per heavy atom. The molecule has 1 aromatic rings. The fourth-order valence-corrected chi connectivity index (χ4v) is 2.69. The summed E-state index contributed by atoms with van der Waals surface area (Å²) in [5.41, 5.74) is 6.55. The highest BCUT2D eigenvalue weighted by Gasteiger charge is 2.22. The van der Waals surface area contributed by atoms with Crippen molar-refractivity contribution in [1.82, 2.24) is 5.32 Å². The fraction of sp³-hybridized carbons (Fsp3) is 0.533. The number of anilines is 1. The van der Waals surface area contributed by atoms with Gasteiger partial charge in [-0.2, -0.15) is 0 Å². The maximum absolute atomic E-state index is 12.2. The minimum absolute atomic E-state index is 0.0632. The Labute approximate surface area is 114 Å². The molecule has 19 heavy (non-hydrogen) atoms. The van der Waals surface area contributed by atoms with E-state index in [0.29, 0.717) is 17.2 Å². The molecule has 1 amide bonds. The van der Waals surface area contributed by atoms with E-state index in [9.17, 15) is 9.90 Å². The number of nitrogens with one attached hydrogen (secondary N) is 1. The van der Waals surface area contributed by atoms with E-state index in [0.717, 1.165) is 19.3 Å². The molecule has 4 nitrogen and oxygen atoms in total. The van der Waals surface area contributed by atoms with Crippen LogP contribution in [0.25, 0.3) is 0 Å². The summed E-state index contributed by atoms with van der Waals surface area (Å²) in [7, 11) is 0. The molecular weight excluding hydrogens is 240 g/mol. The van der Waals surface area contributed by atoms with Gasteiger partial charge in [0.2, 0.25) is 0 Å². The molecule has 4 N–H and O–H groups in total. The molecule has 4 heteroatoms. The molecule has 2 unspecified atom stereocenters. The van der Waals surface area contributed by atoms with E-state index in [1.807, 2.05) is 0 Å². The first kappa shape index (κ1) is 13.7. The fourth-order valence-electron chi connectivity index (χ4n) is 2.69. The van der Waals surface area contributed by atoms with Crippen molar-refractivity contribution >= 4 is 11.6 Å². The lowest BCUT2D eigenvalue weighted by Crippen LogP contribution is -2.39. The largest absolute Gasteiger partial charge is 0.508 e. The summed E-state index contributed by atoms with van der Waals surface area (Å²) in [5, 5.41) is 12.5. The Balaban J connectivity index is 2.09. The van der Waals surface area contributed by atoms with E-state index in [4.69, 9.17) is 5.73 Å². The van der Waals surface area contributed by atoms with Gasteiger partial charge in [0.1, 0.15) is 5.75 Å². The number of aromatic hydroxyl groups is 1. The number of carbonyl (C=O) groups excluding carboxylic acids is 1.